The summed E-state index contributed by atoms with van der Waals surface area (Å²) in [7, 11) is 1.57. The van der Waals surface area contributed by atoms with Crippen LogP contribution in [0.2, 0.25) is 0 Å². The number of methoxy groups -OCH3 is 1. The number of rotatable bonds is 7. The molecule has 22 heavy (non-hydrogen) atoms. The Morgan fingerprint density at radius 1 is 1.32 bits per heavy atom. The van der Waals surface area contributed by atoms with Crippen LogP contribution in [0.4, 0.5) is 0 Å². The second-order valence-electron chi connectivity index (χ2n) is 4.56. The maximum atomic E-state index is 11.8. The zero-order valence-corrected chi connectivity index (χ0v) is 12.7. The van der Waals surface area contributed by atoms with Gasteiger partial charge < -0.3 is 19.2 Å². The summed E-state index contributed by atoms with van der Waals surface area (Å²) in [6.45, 7) is 2.20. The van der Waals surface area contributed by atoms with Crippen LogP contribution in [0.1, 0.15) is 18.2 Å². The molecule has 1 N–H and O–H groups in total. The van der Waals surface area contributed by atoms with Crippen molar-refractivity contribution in [1.82, 2.24) is 5.32 Å². The molecule has 0 aliphatic rings. The van der Waals surface area contributed by atoms with E-state index in [0.29, 0.717) is 23.8 Å². The van der Waals surface area contributed by atoms with E-state index < -0.39 is 0 Å². The van der Waals surface area contributed by atoms with Crippen molar-refractivity contribution in [3.63, 3.8) is 0 Å². The van der Waals surface area contributed by atoms with Gasteiger partial charge in [0.2, 0.25) is 0 Å². The van der Waals surface area contributed by atoms with Crippen molar-refractivity contribution in [2.45, 2.75) is 13.5 Å². The van der Waals surface area contributed by atoms with E-state index in [9.17, 15) is 4.79 Å². The molecule has 0 atom stereocenters. The van der Waals surface area contributed by atoms with Crippen molar-refractivity contribution < 1.29 is 18.7 Å². The molecule has 2 rings (SSSR count). The maximum Gasteiger partial charge on any atom is 0.258 e. The van der Waals surface area contributed by atoms with Gasteiger partial charge in [0.05, 0.1) is 19.9 Å². The molecule has 0 unspecified atom stereocenters. The average molecular weight is 301 g/mol. The summed E-state index contributed by atoms with van der Waals surface area (Å²) in [4.78, 5) is 11.8. The van der Waals surface area contributed by atoms with Gasteiger partial charge in [-0.1, -0.05) is 18.2 Å². The standard InChI is InChI=1S/C17H19NO4/c1-3-5-13-7-8-15(16(10-13)20-2)22-12-17(19)18-11-14-6-4-9-21-14/h3-10H,11-12H2,1-2H3,(H,18,19)/b5-3+. The minimum atomic E-state index is -0.226. The molecule has 0 radical (unpaired) electrons. The van der Waals surface area contributed by atoms with E-state index in [1.807, 2.05) is 31.2 Å². The normalized spacial score (nSPS) is 10.6. The van der Waals surface area contributed by atoms with Gasteiger partial charge in [-0.25, -0.2) is 0 Å². The fourth-order valence-electron chi connectivity index (χ4n) is 1.89. The monoisotopic (exact) mass is 301 g/mol. The van der Waals surface area contributed by atoms with Crippen LogP contribution in [0.15, 0.2) is 47.1 Å². The number of nitrogens with one attached hydrogen (secondary N) is 1. The summed E-state index contributed by atoms with van der Waals surface area (Å²) in [5.41, 5.74) is 1.01. The lowest BCUT2D eigenvalue weighted by molar-refractivity contribution is -0.123. The first-order valence-electron chi connectivity index (χ1n) is 6.95. The van der Waals surface area contributed by atoms with Gasteiger partial charge in [0.15, 0.2) is 18.1 Å². The lowest BCUT2D eigenvalue weighted by Crippen LogP contribution is -2.28. The number of benzene rings is 1. The highest BCUT2D eigenvalue weighted by Crippen LogP contribution is 2.28. The summed E-state index contributed by atoms with van der Waals surface area (Å²) < 4.78 is 15.9. The van der Waals surface area contributed by atoms with Crippen LogP contribution >= 0.6 is 0 Å². The molecule has 0 fully saturated rings. The molecular formula is C17H19NO4. The number of carbonyl (C=O) groups is 1. The SMILES string of the molecule is C/C=C/c1ccc(OCC(=O)NCc2ccco2)c(OC)c1. The number of amides is 1. The van der Waals surface area contributed by atoms with Gasteiger partial charge in [0.25, 0.3) is 5.91 Å². The third-order valence-electron chi connectivity index (χ3n) is 2.95. The molecular weight excluding hydrogens is 282 g/mol. The summed E-state index contributed by atoms with van der Waals surface area (Å²) in [5.74, 6) is 1.59. The largest absolute Gasteiger partial charge is 0.493 e. The van der Waals surface area contributed by atoms with E-state index in [1.54, 1.807) is 31.6 Å². The van der Waals surface area contributed by atoms with E-state index in [0.717, 1.165) is 5.56 Å². The summed E-state index contributed by atoms with van der Waals surface area (Å²) >= 11 is 0. The van der Waals surface area contributed by atoms with Gasteiger partial charge in [-0.3, -0.25) is 4.79 Å². The minimum Gasteiger partial charge on any atom is -0.493 e. The number of carbonyl (C=O) groups excluding carboxylic acids is 1. The predicted molar refractivity (Wildman–Crippen MR) is 83.8 cm³/mol. The van der Waals surface area contributed by atoms with Crippen molar-refractivity contribution in [3.8, 4) is 11.5 Å². The van der Waals surface area contributed by atoms with E-state index in [4.69, 9.17) is 13.9 Å². The topological polar surface area (TPSA) is 60.7 Å². The highest BCUT2D eigenvalue weighted by atomic mass is 16.5. The molecule has 0 aliphatic carbocycles. The molecule has 0 bridgehead atoms. The predicted octanol–water partition coefficient (Wildman–Crippen LogP) is 3.02. The zero-order chi connectivity index (χ0) is 15.8. The second-order valence-corrected chi connectivity index (χ2v) is 4.56. The Labute approximate surface area is 129 Å². The van der Waals surface area contributed by atoms with E-state index in [1.165, 1.54) is 0 Å². The van der Waals surface area contributed by atoms with Crippen molar-refractivity contribution >= 4 is 12.0 Å². The molecule has 5 heteroatoms. The van der Waals surface area contributed by atoms with E-state index in [-0.39, 0.29) is 12.5 Å². The first-order valence-corrected chi connectivity index (χ1v) is 6.95. The van der Waals surface area contributed by atoms with Gasteiger partial charge in [0.1, 0.15) is 5.76 Å². The maximum absolute atomic E-state index is 11.8. The van der Waals surface area contributed by atoms with Gasteiger partial charge in [-0.05, 0) is 36.8 Å². The van der Waals surface area contributed by atoms with Crippen molar-refractivity contribution in [2.24, 2.45) is 0 Å². The van der Waals surface area contributed by atoms with Crippen LogP contribution in [-0.4, -0.2) is 19.6 Å². The third-order valence-corrected chi connectivity index (χ3v) is 2.95. The van der Waals surface area contributed by atoms with Crippen LogP contribution in [0, 0.1) is 0 Å². The Hall–Kier alpha value is -2.69. The Kier molecular flexibility index (Phi) is 5.65. The molecule has 0 spiro atoms. The van der Waals surface area contributed by atoms with Crippen LogP contribution in [-0.2, 0) is 11.3 Å². The molecule has 2 aromatic rings. The van der Waals surface area contributed by atoms with Crippen LogP contribution in [0.25, 0.3) is 6.08 Å². The molecule has 1 aromatic heterocycles. The van der Waals surface area contributed by atoms with E-state index in [2.05, 4.69) is 5.32 Å². The minimum absolute atomic E-state index is 0.0833. The Morgan fingerprint density at radius 3 is 2.86 bits per heavy atom. The summed E-state index contributed by atoms with van der Waals surface area (Å²) in [5, 5.41) is 2.71. The van der Waals surface area contributed by atoms with E-state index >= 15 is 0 Å². The molecule has 1 amide bonds. The Balaban J connectivity index is 1.88. The average Bonchev–Trinajstić information content (AvgIpc) is 3.05. The first kappa shape index (κ1) is 15.7. The molecule has 1 aromatic carbocycles. The first-order chi connectivity index (χ1) is 10.7. The van der Waals surface area contributed by atoms with Crippen molar-refractivity contribution in [3.05, 3.63) is 54.0 Å². The lowest BCUT2D eigenvalue weighted by Gasteiger charge is -2.11. The molecule has 0 aliphatic heterocycles. The number of ether oxygens (including phenoxy) is 2. The van der Waals surface area contributed by atoms with Gasteiger partial charge in [-0.2, -0.15) is 0 Å². The summed E-state index contributed by atoms with van der Waals surface area (Å²) in [6, 6.07) is 9.11. The highest BCUT2D eigenvalue weighted by Gasteiger charge is 2.08. The van der Waals surface area contributed by atoms with Crippen molar-refractivity contribution in [1.29, 1.82) is 0 Å². The Morgan fingerprint density at radius 2 is 2.18 bits per heavy atom. The number of hydrogen-bond acceptors (Lipinski definition) is 4. The van der Waals surface area contributed by atoms with Crippen LogP contribution in [0.5, 0.6) is 11.5 Å². The summed E-state index contributed by atoms with van der Waals surface area (Å²) in [6.07, 6.45) is 5.47. The zero-order valence-electron chi connectivity index (χ0n) is 12.7. The van der Waals surface area contributed by atoms with Crippen molar-refractivity contribution in [2.75, 3.05) is 13.7 Å². The van der Waals surface area contributed by atoms with Gasteiger partial charge in [0, 0.05) is 0 Å². The smallest absolute Gasteiger partial charge is 0.258 e. The highest BCUT2D eigenvalue weighted by molar-refractivity contribution is 5.77. The van der Waals surface area contributed by atoms with Crippen LogP contribution < -0.4 is 14.8 Å². The van der Waals surface area contributed by atoms with Crippen LogP contribution in [0.3, 0.4) is 0 Å². The number of hydrogen-bond donors (Lipinski definition) is 1. The number of allylic oxidation sites excluding steroid dienone is 1. The van der Waals surface area contributed by atoms with Gasteiger partial charge in [-0.15, -0.1) is 0 Å². The third kappa shape index (κ3) is 4.41. The molecule has 0 saturated heterocycles. The number of furan rings is 1. The molecule has 116 valence electrons. The Bertz CT molecular complexity index is 632. The lowest BCUT2D eigenvalue weighted by atomic mass is 10.2. The van der Waals surface area contributed by atoms with Gasteiger partial charge >= 0.3 is 0 Å². The fourth-order valence-corrected chi connectivity index (χ4v) is 1.89. The molecule has 0 saturated carbocycles. The molecule has 1 heterocycles. The molecule has 5 nitrogen and oxygen atoms in total. The fraction of sp³-hybridized carbons (Fsp3) is 0.235. The quantitative estimate of drug-likeness (QED) is 0.854. The second kappa shape index (κ2) is 7.93.